The molecule has 1 aromatic rings. The summed E-state index contributed by atoms with van der Waals surface area (Å²) in [6, 6.07) is 2.53. The molecule has 0 unspecified atom stereocenters. The van der Waals surface area contributed by atoms with Gasteiger partial charge in [-0.05, 0) is 31.9 Å². The summed E-state index contributed by atoms with van der Waals surface area (Å²) >= 11 is 0. The van der Waals surface area contributed by atoms with E-state index >= 15 is 0 Å². The molecule has 0 radical (unpaired) electrons. The van der Waals surface area contributed by atoms with Crippen LogP contribution in [0.2, 0.25) is 0 Å². The van der Waals surface area contributed by atoms with Crippen molar-refractivity contribution in [2.45, 2.75) is 44.2 Å². The molecule has 3 atom stereocenters. The first-order valence-electron chi connectivity index (χ1n) is 8.65. The number of hydrogen-bond acceptors (Lipinski definition) is 6. The van der Waals surface area contributed by atoms with E-state index in [0.29, 0.717) is 26.0 Å². The molecule has 0 amide bonds. The first-order valence-corrected chi connectivity index (χ1v) is 10.3. The van der Waals surface area contributed by atoms with Gasteiger partial charge in [0.05, 0.1) is 18.4 Å². The average Bonchev–Trinajstić information content (AvgIpc) is 3.06. The summed E-state index contributed by atoms with van der Waals surface area (Å²) in [4.78, 5) is 12.8. The van der Waals surface area contributed by atoms with Gasteiger partial charge in [0.15, 0.2) is 5.82 Å². The topological polar surface area (TPSA) is 106 Å². The first-order chi connectivity index (χ1) is 13.5. The molecule has 3 rings (SSSR count). The van der Waals surface area contributed by atoms with Crippen LogP contribution < -0.4 is 4.74 Å². The summed E-state index contributed by atoms with van der Waals surface area (Å²) in [5, 5.41) is 7.12. The van der Waals surface area contributed by atoms with E-state index in [1.807, 2.05) is 0 Å². The molecule has 0 bridgehead atoms. The van der Waals surface area contributed by atoms with Crippen molar-refractivity contribution < 1.29 is 45.4 Å². The predicted octanol–water partition coefficient (Wildman–Crippen LogP) is 1.81. The number of morpholine rings is 1. The molecule has 29 heavy (non-hydrogen) atoms. The summed E-state index contributed by atoms with van der Waals surface area (Å²) in [5.74, 6) is -3.28. The monoisotopic (exact) mass is 444 g/mol. The lowest BCUT2D eigenvalue weighted by molar-refractivity contribution is -0.192. The molecule has 0 aromatic carbocycles. The van der Waals surface area contributed by atoms with Crippen LogP contribution in [0.4, 0.5) is 17.6 Å². The number of nitrogens with zero attached hydrogens (tertiary/aromatic N) is 2. The third kappa shape index (κ3) is 5.76. The Bertz CT molecular complexity index is 820. The van der Waals surface area contributed by atoms with Crippen molar-refractivity contribution in [3.8, 4) is 5.88 Å². The minimum atomic E-state index is -5.08. The number of ether oxygens (including phenoxy) is 2. The Kier molecular flexibility index (Phi) is 7.40. The molecule has 1 saturated carbocycles. The SMILES string of the molecule is CCS(=O)(=O)N1CCO[C@H]2[C@H](Oc3ncccc3F)CC[C@@H]21.O=C(O)C(F)(F)F. The van der Waals surface area contributed by atoms with Crippen LogP contribution in [0.15, 0.2) is 18.3 Å². The van der Waals surface area contributed by atoms with E-state index < -0.39 is 28.0 Å². The summed E-state index contributed by atoms with van der Waals surface area (Å²) < 4.78 is 82.6. The molecule has 8 nitrogen and oxygen atoms in total. The van der Waals surface area contributed by atoms with Gasteiger partial charge in [0.2, 0.25) is 10.0 Å². The summed E-state index contributed by atoms with van der Waals surface area (Å²) in [6.07, 6.45) is -3.13. The lowest BCUT2D eigenvalue weighted by Gasteiger charge is -2.37. The number of fused-ring (bicyclic) bond motifs is 1. The molecule has 1 aromatic heterocycles. The van der Waals surface area contributed by atoms with Gasteiger partial charge in [-0.15, -0.1) is 0 Å². The van der Waals surface area contributed by atoms with Gasteiger partial charge in [0, 0.05) is 12.7 Å². The van der Waals surface area contributed by atoms with Crippen molar-refractivity contribution in [1.82, 2.24) is 9.29 Å². The second-order valence-electron chi connectivity index (χ2n) is 6.24. The van der Waals surface area contributed by atoms with Crippen molar-refractivity contribution in [2.75, 3.05) is 18.9 Å². The summed E-state index contributed by atoms with van der Waals surface area (Å²) in [7, 11) is -3.27. The molecule has 1 N–H and O–H groups in total. The van der Waals surface area contributed by atoms with Gasteiger partial charge in [-0.1, -0.05) is 0 Å². The standard InChI is InChI=1S/C14H19FN2O4S.C2HF3O2/c1-2-22(18,19)17-8-9-20-13-11(17)5-6-12(13)21-14-10(15)4-3-7-16-14;3-2(4,5)1(6)7/h3-4,7,11-13H,2,5-6,8-9H2,1H3;(H,6,7)/t11-,12+,13+;/m0./s1. The summed E-state index contributed by atoms with van der Waals surface area (Å²) in [5.41, 5.74) is 0. The molecule has 1 saturated heterocycles. The van der Waals surface area contributed by atoms with Gasteiger partial charge >= 0.3 is 12.1 Å². The van der Waals surface area contributed by atoms with E-state index in [4.69, 9.17) is 19.4 Å². The number of aromatic nitrogens is 1. The van der Waals surface area contributed by atoms with Crippen LogP contribution in [0, 0.1) is 5.82 Å². The van der Waals surface area contributed by atoms with Crippen molar-refractivity contribution in [3.05, 3.63) is 24.1 Å². The Morgan fingerprint density at radius 2 is 2.07 bits per heavy atom. The number of alkyl halides is 3. The van der Waals surface area contributed by atoms with Crippen LogP contribution in [-0.4, -0.2) is 72.1 Å². The fourth-order valence-electron chi connectivity index (χ4n) is 3.12. The number of halogens is 4. The van der Waals surface area contributed by atoms with E-state index in [2.05, 4.69) is 4.98 Å². The van der Waals surface area contributed by atoms with Crippen LogP contribution >= 0.6 is 0 Å². The van der Waals surface area contributed by atoms with E-state index in [9.17, 15) is 26.0 Å². The maximum Gasteiger partial charge on any atom is 0.490 e. The highest BCUT2D eigenvalue weighted by atomic mass is 32.2. The van der Waals surface area contributed by atoms with Crippen LogP contribution in [0.3, 0.4) is 0 Å². The zero-order chi connectivity index (χ0) is 21.8. The van der Waals surface area contributed by atoms with Crippen LogP contribution in [0.1, 0.15) is 19.8 Å². The van der Waals surface area contributed by atoms with Crippen molar-refractivity contribution >= 4 is 16.0 Å². The number of aliphatic carboxylic acids is 1. The Balaban J connectivity index is 0.000000370. The molecular weight excluding hydrogens is 424 g/mol. The first kappa shape index (κ1) is 23.3. The van der Waals surface area contributed by atoms with E-state index in [-0.39, 0.29) is 29.9 Å². The van der Waals surface area contributed by atoms with Gasteiger partial charge < -0.3 is 14.6 Å². The second kappa shape index (κ2) is 9.22. The van der Waals surface area contributed by atoms with Gasteiger partial charge in [-0.2, -0.15) is 17.5 Å². The number of sulfonamides is 1. The van der Waals surface area contributed by atoms with Crippen molar-refractivity contribution in [3.63, 3.8) is 0 Å². The molecular formula is C16H20F4N2O6S. The number of rotatable bonds is 4. The normalized spacial score (nSPS) is 24.9. The van der Waals surface area contributed by atoms with E-state index in [0.717, 1.165) is 0 Å². The quantitative estimate of drug-likeness (QED) is 0.706. The molecule has 1 aliphatic heterocycles. The third-order valence-corrected chi connectivity index (χ3v) is 6.33. The Labute approximate surface area is 164 Å². The number of carboxylic acid groups (broad SMARTS) is 1. The molecule has 13 heteroatoms. The molecule has 164 valence electrons. The number of carboxylic acids is 1. The van der Waals surface area contributed by atoms with Crippen molar-refractivity contribution in [1.29, 1.82) is 0 Å². The lowest BCUT2D eigenvalue weighted by Crippen LogP contribution is -2.54. The molecule has 1 aliphatic carbocycles. The number of pyridine rings is 1. The van der Waals surface area contributed by atoms with Gasteiger partial charge in [-0.25, -0.2) is 22.6 Å². The smallest absolute Gasteiger partial charge is 0.475 e. The average molecular weight is 444 g/mol. The fourth-order valence-corrected chi connectivity index (χ4v) is 4.44. The molecule has 2 heterocycles. The second-order valence-corrected chi connectivity index (χ2v) is 8.45. The Hall–Kier alpha value is -1.99. The van der Waals surface area contributed by atoms with E-state index in [1.165, 1.54) is 22.6 Å². The Morgan fingerprint density at radius 1 is 1.41 bits per heavy atom. The minimum Gasteiger partial charge on any atom is -0.475 e. The van der Waals surface area contributed by atoms with Gasteiger partial charge in [0.25, 0.3) is 5.88 Å². The van der Waals surface area contributed by atoms with Crippen LogP contribution in [0.5, 0.6) is 5.88 Å². The van der Waals surface area contributed by atoms with Crippen molar-refractivity contribution in [2.24, 2.45) is 0 Å². The lowest BCUT2D eigenvalue weighted by atomic mass is 10.1. The van der Waals surface area contributed by atoms with Crippen LogP contribution in [-0.2, 0) is 19.6 Å². The van der Waals surface area contributed by atoms with Gasteiger partial charge in [0.1, 0.15) is 12.2 Å². The maximum atomic E-state index is 13.7. The van der Waals surface area contributed by atoms with Crippen LogP contribution in [0.25, 0.3) is 0 Å². The zero-order valence-electron chi connectivity index (χ0n) is 15.3. The maximum absolute atomic E-state index is 13.7. The molecule has 0 spiro atoms. The van der Waals surface area contributed by atoms with E-state index in [1.54, 1.807) is 6.92 Å². The third-order valence-electron chi connectivity index (χ3n) is 4.44. The molecule has 2 aliphatic rings. The zero-order valence-corrected chi connectivity index (χ0v) is 16.1. The minimum absolute atomic E-state index is 0.0628. The number of carbonyl (C=O) groups is 1. The number of hydrogen-bond donors (Lipinski definition) is 1. The highest BCUT2D eigenvalue weighted by Gasteiger charge is 2.47. The predicted molar refractivity (Wildman–Crippen MR) is 91.2 cm³/mol. The largest absolute Gasteiger partial charge is 0.490 e. The highest BCUT2D eigenvalue weighted by Crippen LogP contribution is 2.34. The van der Waals surface area contributed by atoms with Gasteiger partial charge in [-0.3, -0.25) is 0 Å². The highest BCUT2D eigenvalue weighted by molar-refractivity contribution is 7.89. The molecule has 2 fully saturated rings. The summed E-state index contributed by atoms with van der Waals surface area (Å²) in [6.45, 7) is 2.32. The fraction of sp³-hybridized carbons (Fsp3) is 0.625. The Morgan fingerprint density at radius 3 is 2.62 bits per heavy atom.